The number of nitrogens with one attached hydrogen (secondary N) is 1. The first kappa shape index (κ1) is 15.3. The second kappa shape index (κ2) is 5.72. The number of nitrogens with zero attached hydrogens (tertiary/aromatic N) is 1. The highest BCUT2D eigenvalue weighted by molar-refractivity contribution is 5.58. The van der Waals surface area contributed by atoms with E-state index in [0.29, 0.717) is 5.41 Å². The van der Waals surface area contributed by atoms with Crippen molar-refractivity contribution in [3.8, 4) is 0 Å². The van der Waals surface area contributed by atoms with Crippen LogP contribution in [0.1, 0.15) is 51.3 Å². The summed E-state index contributed by atoms with van der Waals surface area (Å²) < 4.78 is 14.0. The Morgan fingerprint density at radius 3 is 2.65 bits per heavy atom. The van der Waals surface area contributed by atoms with E-state index in [2.05, 4.69) is 37.9 Å². The van der Waals surface area contributed by atoms with Gasteiger partial charge in [0.2, 0.25) is 0 Å². The van der Waals surface area contributed by atoms with Crippen molar-refractivity contribution in [1.82, 2.24) is 5.32 Å². The minimum absolute atomic E-state index is 0.105. The summed E-state index contributed by atoms with van der Waals surface area (Å²) >= 11 is 0. The Morgan fingerprint density at radius 1 is 1.40 bits per heavy atom. The van der Waals surface area contributed by atoms with Gasteiger partial charge in [0.25, 0.3) is 0 Å². The molecule has 1 N–H and O–H groups in total. The Bertz CT molecular complexity index is 482. The van der Waals surface area contributed by atoms with Gasteiger partial charge >= 0.3 is 0 Å². The lowest BCUT2D eigenvalue weighted by Gasteiger charge is -2.27. The molecule has 1 aliphatic heterocycles. The number of hydrogen-bond donors (Lipinski definition) is 1. The summed E-state index contributed by atoms with van der Waals surface area (Å²) in [5.74, 6) is -0.105. The Hall–Kier alpha value is -1.09. The zero-order valence-corrected chi connectivity index (χ0v) is 13.4. The van der Waals surface area contributed by atoms with Crippen LogP contribution >= 0.6 is 0 Å². The Kier molecular flexibility index (Phi) is 4.38. The molecule has 1 fully saturated rings. The first-order valence-electron chi connectivity index (χ1n) is 7.62. The first-order valence-corrected chi connectivity index (χ1v) is 7.62. The quantitative estimate of drug-likeness (QED) is 0.894. The standard InChI is InChI=1S/C17H27FN2/c1-6-19-13(3)14-10-15(18)12(2)9-16(14)20-8-7-17(4,5)11-20/h9-10,13,19H,6-8,11H2,1-5H3. The molecule has 2 nitrogen and oxygen atoms in total. The largest absolute Gasteiger partial charge is 0.371 e. The molecule has 0 bridgehead atoms. The summed E-state index contributed by atoms with van der Waals surface area (Å²) in [6, 6.07) is 3.90. The van der Waals surface area contributed by atoms with E-state index in [1.165, 1.54) is 12.1 Å². The summed E-state index contributed by atoms with van der Waals surface area (Å²) in [6.45, 7) is 13.6. The number of aryl methyl sites for hydroxylation is 1. The van der Waals surface area contributed by atoms with Crippen molar-refractivity contribution in [2.24, 2.45) is 5.41 Å². The van der Waals surface area contributed by atoms with Crippen LogP contribution in [0.2, 0.25) is 0 Å². The molecule has 0 amide bonds. The summed E-state index contributed by atoms with van der Waals surface area (Å²) in [5.41, 5.74) is 3.36. The number of halogens is 1. The second-order valence-corrected chi connectivity index (χ2v) is 6.78. The molecule has 1 saturated heterocycles. The number of rotatable bonds is 4. The van der Waals surface area contributed by atoms with Crippen molar-refractivity contribution in [2.45, 2.75) is 47.1 Å². The number of benzene rings is 1. The van der Waals surface area contributed by atoms with Gasteiger partial charge < -0.3 is 10.2 Å². The summed E-state index contributed by atoms with van der Waals surface area (Å²) in [4.78, 5) is 2.41. The summed E-state index contributed by atoms with van der Waals surface area (Å²) in [5, 5.41) is 3.40. The van der Waals surface area contributed by atoms with Gasteiger partial charge in [-0.2, -0.15) is 0 Å². The van der Waals surface area contributed by atoms with Crippen molar-refractivity contribution in [1.29, 1.82) is 0 Å². The van der Waals surface area contributed by atoms with Crippen LogP contribution < -0.4 is 10.2 Å². The maximum absolute atomic E-state index is 14.0. The van der Waals surface area contributed by atoms with Gasteiger partial charge in [-0.15, -0.1) is 0 Å². The van der Waals surface area contributed by atoms with Crippen LogP contribution in [0.3, 0.4) is 0 Å². The molecule has 3 heteroatoms. The second-order valence-electron chi connectivity index (χ2n) is 6.78. The Labute approximate surface area is 122 Å². The molecule has 20 heavy (non-hydrogen) atoms. The van der Waals surface area contributed by atoms with E-state index in [1.54, 1.807) is 6.07 Å². The molecular weight excluding hydrogens is 251 g/mol. The Morgan fingerprint density at radius 2 is 2.10 bits per heavy atom. The van der Waals surface area contributed by atoms with E-state index in [0.717, 1.165) is 30.8 Å². The van der Waals surface area contributed by atoms with Crippen LogP contribution in [0.4, 0.5) is 10.1 Å². The van der Waals surface area contributed by atoms with Gasteiger partial charge in [-0.1, -0.05) is 20.8 Å². The Balaban J connectivity index is 2.38. The average molecular weight is 278 g/mol. The minimum atomic E-state index is -0.105. The third-order valence-electron chi connectivity index (χ3n) is 4.30. The van der Waals surface area contributed by atoms with Crippen molar-refractivity contribution in [2.75, 3.05) is 24.5 Å². The van der Waals surface area contributed by atoms with E-state index < -0.39 is 0 Å². The van der Waals surface area contributed by atoms with E-state index >= 15 is 0 Å². The van der Waals surface area contributed by atoms with Crippen LogP contribution in [0, 0.1) is 18.2 Å². The molecule has 0 saturated carbocycles. The molecule has 0 aliphatic carbocycles. The molecule has 1 aromatic rings. The van der Waals surface area contributed by atoms with Crippen LogP contribution in [0.25, 0.3) is 0 Å². The molecule has 2 rings (SSSR count). The van der Waals surface area contributed by atoms with E-state index in [1.807, 2.05) is 13.0 Å². The summed E-state index contributed by atoms with van der Waals surface area (Å²) in [7, 11) is 0. The molecule has 0 spiro atoms. The zero-order valence-electron chi connectivity index (χ0n) is 13.4. The molecule has 1 aromatic carbocycles. The summed E-state index contributed by atoms with van der Waals surface area (Å²) in [6.07, 6.45) is 1.19. The molecule has 1 unspecified atom stereocenters. The zero-order chi connectivity index (χ0) is 14.9. The third-order valence-corrected chi connectivity index (χ3v) is 4.30. The topological polar surface area (TPSA) is 15.3 Å². The smallest absolute Gasteiger partial charge is 0.126 e. The predicted molar refractivity (Wildman–Crippen MR) is 83.8 cm³/mol. The fraction of sp³-hybridized carbons (Fsp3) is 0.647. The van der Waals surface area contributed by atoms with E-state index in [-0.39, 0.29) is 11.9 Å². The van der Waals surface area contributed by atoms with Gasteiger partial charge in [0.1, 0.15) is 5.82 Å². The highest BCUT2D eigenvalue weighted by atomic mass is 19.1. The highest BCUT2D eigenvalue weighted by Gasteiger charge is 2.31. The van der Waals surface area contributed by atoms with Crippen LogP contribution in [-0.4, -0.2) is 19.6 Å². The van der Waals surface area contributed by atoms with Gasteiger partial charge in [-0.3, -0.25) is 0 Å². The van der Waals surface area contributed by atoms with Gasteiger partial charge in [-0.25, -0.2) is 4.39 Å². The minimum Gasteiger partial charge on any atom is -0.371 e. The predicted octanol–water partition coefficient (Wildman–Crippen LogP) is 4.04. The van der Waals surface area contributed by atoms with Crippen molar-refractivity contribution >= 4 is 5.69 Å². The van der Waals surface area contributed by atoms with Crippen LogP contribution in [0.15, 0.2) is 12.1 Å². The third kappa shape index (κ3) is 3.14. The lowest BCUT2D eigenvalue weighted by atomic mass is 9.93. The maximum atomic E-state index is 14.0. The number of hydrogen-bond acceptors (Lipinski definition) is 2. The monoisotopic (exact) mass is 278 g/mol. The normalized spacial score (nSPS) is 19.4. The fourth-order valence-corrected chi connectivity index (χ4v) is 3.04. The van der Waals surface area contributed by atoms with Crippen molar-refractivity contribution < 1.29 is 4.39 Å². The molecule has 0 aromatic heterocycles. The van der Waals surface area contributed by atoms with Gasteiger partial charge in [0.05, 0.1) is 0 Å². The molecular formula is C17H27FN2. The molecule has 0 radical (unpaired) electrons. The molecule has 1 atom stereocenters. The van der Waals surface area contributed by atoms with Crippen LogP contribution in [-0.2, 0) is 0 Å². The first-order chi connectivity index (χ1) is 9.34. The molecule has 1 aliphatic rings. The van der Waals surface area contributed by atoms with Crippen LogP contribution in [0.5, 0.6) is 0 Å². The maximum Gasteiger partial charge on any atom is 0.126 e. The fourth-order valence-electron chi connectivity index (χ4n) is 3.04. The SMILES string of the molecule is CCNC(C)c1cc(F)c(C)cc1N1CCC(C)(C)C1. The molecule has 112 valence electrons. The van der Waals surface area contributed by atoms with Crippen molar-refractivity contribution in [3.63, 3.8) is 0 Å². The van der Waals surface area contributed by atoms with Crippen molar-refractivity contribution in [3.05, 3.63) is 29.1 Å². The molecule has 1 heterocycles. The van der Waals surface area contributed by atoms with Gasteiger partial charge in [0.15, 0.2) is 0 Å². The number of anilines is 1. The van der Waals surface area contributed by atoms with E-state index in [9.17, 15) is 4.39 Å². The van der Waals surface area contributed by atoms with E-state index in [4.69, 9.17) is 0 Å². The van der Waals surface area contributed by atoms with Gasteiger partial charge in [-0.05, 0) is 55.5 Å². The lowest BCUT2D eigenvalue weighted by molar-refractivity contribution is 0.418. The lowest BCUT2D eigenvalue weighted by Crippen LogP contribution is -2.26. The highest BCUT2D eigenvalue weighted by Crippen LogP contribution is 2.37. The average Bonchev–Trinajstić information content (AvgIpc) is 2.72. The van der Waals surface area contributed by atoms with Gasteiger partial charge in [0, 0.05) is 24.8 Å².